The number of aromatic amines is 1. The Labute approximate surface area is 122 Å². The van der Waals surface area contributed by atoms with Crippen molar-refractivity contribution in [2.75, 3.05) is 5.73 Å². The fraction of sp³-hybridized carbons (Fsp3) is 0.333. The number of hydrogen-bond donors (Lipinski definition) is 2. The van der Waals surface area contributed by atoms with Crippen molar-refractivity contribution in [3.63, 3.8) is 0 Å². The summed E-state index contributed by atoms with van der Waals surface area (Å²) in [5.74, 6) is 0.441. The normalized spacial score (nSPS) is 15.8. The Balaban J connectivity index is 1.72. The summed E-state index contributed by atoms with van der Waals surface area (Å²) in [4.78, 5) is 14.0. The van der Waals surface area contributed by atoms with Gasteiger partial charge in [-0.2, -0.15) is 5.10 Å². The Hall–Kier alpha value is -2.50. The number of hydrogen-bond acceptors (Lipinski definition) is 4. The van der Waals surface area contributed by atoms with Crippen molar-refractivity contribution in [2.24, 2.45) is 0 Å². The van der Waals surface area contributed by atoms with Crippen LogP contribution in [-0.2, 0) is 23.4 Å². The third-order valence-corrected chi connectivity index (χ3v) is 3.93. The number of amides is 1. The van der Waals surface area contributed by atoms with Crippen LogP contribution in [0.15, 0.2) is 30.3 Å². The molecular formula is C15H18N4O2. The zero-order valence-electron chi connectivity index (χ0n) is 12.1. The highest BCUT2D eigenvalue weighted by Gasteiger charge is 2.44. The highest BCUT2D eigenvalue weighted by Crippen LogP contribution is 2.39. The van der Waals surface area contributed by atoms with Crippen molar-refractivity contribution < 1.29 is 9.53 Å². The second kappa shape index (κ2) is 4.80. The topological polar surface area (TPSA) is 84.2 Å². The number of carbonyl (C=O) groups is 1. The smallest absolute Gasteiger partial charge is 0.411 e. The summed E-state index contributed by atoms with van der Waals surface area (Å²) in [6, 6.07) is 9.61. The lowest BCUT2D eigenvalue weighted by Gasteiger charge is -2.30. The van der Waals surface area contributed by atoms with Crippen LogP contribution >= 0.6 is 0 Å². The van der Waals surface area contributed by atoms with Crippen molar-refractivity contribution in [1.82, 2.24) is 15.1 Å². The largest absolute Gasteiger partial charge is 0.445 e. The van der Waals surface area contributed by atoms with Crippen molar-refractivity contribution in [1.29, 1.82) is 0 Å². The molecule has 0 atom stereocenters. The average Bonchev–Trinajstić information content (AvgIpc) is 2.96. The molecule has 0 radical (unpaired) electrons. The number of carbonyl (C=O) groups excluding carboxylic acids is 1. The maximum Gasteiger partial charge on any atom is 0.411 e. The van der Waals surface area contributed by atoms with Crippen molar-refractivity contribution in [3.05, 3.63) is 47.2 Å². The van der Waals surface area contributed by atoms with Gasteiger partial charge >= 0.3 is 6.09 Å². The third-order valence-electron chi connectivity index (χ3n) is 3.93. The van der Waals surface area contributed by atoms with Gasteiger partial charge < -0.3 is 10.5 Å². The van der Waals surface area contributed by atoms with Crippen LogP contribution in [0.4, 0.5) is 10.6 Å². The molecule has 1 aliphatic heterocycles. The van der Waals surface area contributed by atoms with E-state index >= 15 is 0 Å². The summed E-state index contributed by atoms with van der Waals surface area (Å²) in [5, 5.41) is 6.91. The molecule has 0 aliphatic carbocycles. The van der Waals surface area contributed by atoms with Gasteiger partial charge in [-0.25, -0.2) is 4.79 Å². The molecule has 0 fully saturated rings. The van der Waals surface area contributed by atoms with E-state index in [-0.39, 0.29) is 12.7 Å². The van der Waals surface area contributed by atoms with Crippen LogP contribution in [0.5, 0.6) is 0 Å². The SMILES string of the molecule is CC1(C)c2[nH]nc(N)c2CN1C(=O)OCc1ccccc1. The molecule has 2 heterocycles. The van der Waals surface area contributed by atoms with Gasteiger partial charge in [0.25, 0.3) is 0 Å². The molecule has 0 unspecified atom stereocenters. The Morgan fingerprint density at radius 3 is 2.81 bits per heavy atom. The second-order valence-electron chi connectivity index (χ2n) is 5.65. The molecule has 21 heavy (non-hydrogen) atoms. The Kier molecular flexibility index (Phi) is 3.08. The molecule has 6 nitrogen and oxygen atoms in total. The molecule has 1 aromatic heterocycles. The summed E-state index contributed by atoms with van der Waals surface area (Å²) in [6.07, 6.45) is -0.354. The summed E-state index contributed by atoms with van der Waals surface area (Å²) < 4.78 is 5.40. The molecule has 3 rings (SSSR count). The van der Waals surface area contributed by atoms with E-state index in [0.717, 1.165) is 16.8 Å². The van der Waals surface area contributed by atoms with Gasteiger partial charge in [0.1, 0.15) is 6.61 Å². The van der Waals surface area contributed by atoms with Crippen molar-refractivity contribution in [3.8, 4) is 0 Å². The Morgan fingerprint density at radius 1 is 1.43 bits per heavy atom. The molecule has 0 saturated carbocycles. The van der Waals surface area contributed by atoms with Gasteiger partial charge in [-0.05, 0) is 19.4 Å². The minimum Gasteiger partial charge on any atom is -0.445 e. The number of anilines is 1. The quantitative estimate of drug-likeness (QED) is 0.887. The molecule has 0 bridgehead atoms. The van der Waals surface area contributed by atoms with Gasteiger partial charge in [0.05, 0.1) is 17.8 Å². The summed E-state index contributed by atoms with van der Waals surface area (Å²) in [5.41, 5.74) is 8.02. The van der Waals surface area contributed by atoms with Crippen molar-refractivity contribution >= 4 is 11.9 Å². The lowest BCUT2D eigenvalue weighted by Crippen LogP contribution is -2.41. The molecule has 0 saturated heterocycles. The zero-order chi connectivity index (χ0) is 15.0. The molecule has 1 aliphatic rings. The van der Waals surface area contributed by atoms with Gasteiger partial charge in [-0.3, -0.25) is 10.00 Å². The fourth-order valence-corrected chi connectivity index (χ4v) is 2.63. The average molecular weight is 286 g/mol. The van der Waals surface area contributed by atoms with E-state index in [2.05, 4.69) is 10.2 Å². The molecule has 1 amide bonds. The third kappa shape index (κ3) is 2.22. The fourth-order valence-electron chi connectivity index (χ4n) is 2.63. The van der Waals surface area contributed by atoms with Crippen LogP contribution in [0, 0.1) is 0 Å². The van der Waals surface area contributed by atoms with E-state index in [1.54, 1.807) is 4.90 Å². The maximum atomic E-state index is 12.3. The van der Waals surface area contributed by atoms with Crippen molar-refractivity contribution in [2.45, 2.75) is 32.5 Å². The monoisotopic (exact) mass is 286 g/mol. The van der Waals surface area contributed by atoms with Crippen LogP contribution in [-0.4, -0.2) is 21.2 Å². The van der Waals surface area contributed by atoms with E-state index in [0.29, 0.717) is 12.4 Å². The number of ether oxygens (including phenoxy) is 1. The number of nitrogens with two attached hydrogens (primary N) is 1. The van der Waals surface area contributed by atoms with Crippen LogP contribution in [0.2, 0.25) is 0 Å². The highest BCUT2D eigenvalue weighted by atomic mass is 16.6. The van der Waals surface area contributed by atoms with Crippen LogP contribution in [0.1, 0.15) is 30.7 Å². The Bertz CT molecular complexity index is 664. The van der Waals surface area contributed by atoms with Gasteiger partial charge in [0.15, 0.2) is 5.82 Å². The predicted molar refractivity (Wildman–Crippen MR) is 78.2 cm³/mol. The number of nitrogens with one attached hydrogen (secondary N) is 1. The maximum absolute atomic E-state index is 12.3. The first-order chi connectivity index (χ1) is 10.00. The minimum atomic E-state index is -0.506. The first-order valence-electron chi connectivity index (χ1n) is 6.81. The van der Waals surface area contributed by atoms with Gasteiger partial charge in [0.2, 0.25) is 0 Å². The highest BCUT2D eigenvalue weighted by molar-refractivity contribution is 5.71. The van der Waals surface area contributed by atoms with Crippen LogP contribution < -0.4 is 5.73 Å². The minimum absolute atomic E-state index is 0.258. The second-order valence-corrected chi connectivity index (χ2v) is 5.65. The lowest BCUT2D eigenvalue weighted by molar-refractivity contribution is 0.0604. The number of benzene rings is 1. The standard InChI is InChI=1S/C15H18N4O2/c1-15(2)12-11(13(16)18-17-12)8-19(15)14(20)21-9-10-6-4-3-5-7-10/h3-7H,8-9H2,1-2H3,(H3,16,17,18). The molecule has 2 aromatic rings. The number of rotatable bonds is 2. The van der Waals surface area contributed by atoms with Crippen LogP contribution in [0.25, 0.3) is 0 Å². The van der Waals surface area contributed by atoms with E-state index in [1.165, 1.54) is 0 Å². The molecule has 6 heteroatoms. The van der Waals surface area contributed by atoms with E-state index in [4.69, 9.17) is 10.5 Å². The van der Waals surface area contributed by atoms with E-state index in [9.17, 15) is 4.79 Å². The predicted octanol–water partition coefficient (Wildman–Crippen LogP) is 2.38. The number of fused-ring (bicyclic) bond motifs is 1. The summed E-state index contributed by atoms with van der Waals surface area (Å²) in [6.45, 7) is 4.56. The first-order valence-corrected chi connectivity index (χ1v) is 6.81. The number of nitrogens with zero attached hydrogens (tertiary/aromatic N) is 2. The number of H-pyrrole nitrogens is 1. The molecule has 110 valence electrons. The van der Waals surface area contributed by atoms with Gasteiger partial charge in [0, 0.05) is 5.56 Å². The lowest BCUT2D eigenvalue weighted by atomic mass is 10.0. The number of aromatic nitrogens is 2. The molecular weight excluding hydrogens is 268 g/mol. The van der Waals surface area contributed by atoms with Crippen LogP contribution in [0.3, 0.4) is 0 Å². The van der Waals surface area contributed by atoms with Gasteiger partial charge in [-0.1, -0.05) is 30.3 Å². The van der Waals surface area contributed by atoms with Gasteiger partial charge in [-0.15, -0.1) is 0 Å². The van der Waals surface area contributed by atoms with E-state index in [1.807, 2.05) is 44.2 Å². The number of nitrogen functional groups attached to an aromatic ring is 1. The zero-order valence-corrected chi connectivity index (χ0v) is 12.1. The Morgan fingerprint density at radius 2 is 2.14 bits per heavy atom. The van der Waals surface area contributed by atoms with E-state index < -0.39 is 5.54 Å². The summed E-state index contributed by atoms with van der Waals surface area (Å²) >= 11 is 0. The molecule has 3 N–H and O–H groups in total. The summed E-state index contributed by atoms with van der Waals surface area (Å²) in [7, 11) is 0. The first kappa shape index (κ1) is 13.5. The molecule has 1 aromatic carbocycles. The molecule has 0 spiro atoms.